The van der Waals surface area contributed by atoms with Crippen LogP contribution in [0.3, 0.4) is 0 Å². The molecule has 23 heavy (non-hydrogen) atoms. The molecule has 0 spiro atoms. The number of carbonyl (C=O) groups excluding carboxylic acids is 1. The minimum Gasteiger partial charge on any atom is -0.496 e. The lowest BCUT2D eigenvalue weighted by Crippen LogP contribution is -2.41. The summed E-state index contributed by atoms with van der Waals surface area (Å²) in [6.07, 6.45) is 0. The number of aliphatic imine (C=N–C) groups is 1. The first-order valence-corrected chi connectivity index (χ1v) is 7.35. The topological polar surface area (TPSA) is 67.9 Å². The van der Waals surface area contributed by atoms with Gasteiger partial charge >= 0.3 is 0 Å². The first kappa shape index (κ1) is 15.1. The molecule has 0 aliphatic carbocycles. The van der Waals surface area contributed by atoms with Crippen molar-refractivity contribution in [2.45, 2.75) is 12.5 Å². The number of guanidine groups is 1. The fourth-order valence-electron chi connectivity index (χ4n) is 2.97. The zero-order valence-electron chi connectivity index (χ0n) is 13.4. The summed E-state index contributed by atoms with van der Waals surface area (Å²) >= 11 is 0. The standard InChI is InChI=1S/C18H19N3O2/c1-12-11-14(9-10-15(12)23-3)18(13-7-5-4-6-8-13)16(22)21(2)17(19)20-18/h4-11H,1-3H3,(H2,19,20). The van der Waals surface area contributed by atoms with Gasteiger partial charge in [0.15, 0.2) is 11.5 Å². The normalized spacial score (nSPS) is 20.6. The van der Waals surface area contributed by atoms with Gasteiger partial charge in [-0.1, -0.05) is 36.4 Å². The van der Waals surface area contributed by atoms with Crippen molar-refractivity contribution in [1.29, 1.82) is 0 Å². The van der Waals surface area contributed by atoms with Crippen molar-refractivity contribution >= 4 is 11.9 Å². The van der Waals surface area contributed by atoms with Gasteiger partial charge in [-0.05, 0) is 35.7 Å². The van der Waals surface area contributed by atoms with Gasteiger partial charge in [0, 0.05) is 7.05 Å². The van der Waals surface area contributed by atoms with Crippen molar-refractivity contribution in [1.82, 2.24) is 4.90 Å². The zero-order chi connectivity index (χ0) is 16.6. The Kier molecular flexibility index (Phi) is 3.56. The Morgan fingerprint density at radius 1 is 1.13 bits per heavy atom. The van der Waals surface area contributed by atoms with Crippen molar-refractivity contribution in [2.75, 3.05) is 14.2 Å². The monoisotopic (exact) mass is 309 g/mol. The summed E-state index contributed by atoms with van der Waals surface area (Å²) in [4.78, 5) is 18.9. The van der Waals surface area contributed by atoms with Gasteiger partial charge in [-0.3, -0.25) is 9.69 Å². The van der Waals surface area contributed by atoms with Crippen LogP contribution >= 0.6 is 0 Å². The highest BCUT2D eigenvalue weighted by Gasteiger charge is 2.49. The largest absolute Gasteiger partial charge is 0.496 e. The predicted molar refractivity (Wildman–Crippen MR) is 89.3 cm³/mol. The summed E-state index contributed by atoms with van der Waals surface area (Å²) in [5, 5.41) is 0. The first-order chi connectivity index (χ1) is 11.0. The van der Waals surface area contributed by atoms with Crippen LogP contribution in [-0.2, 0) is 10.3 Å². The van der Waals surface area contributed by atoms with Crippen molar-refractivity contribution in [3.8, 4) is 5.75 Å². The zero-order valence-corrected chi connectivity index (χ0v) is 13.4. The van der Waals surface area contributed by atoms with Crippen LogP contribution in [0.4, 0.5) is 0 Å². The quantitative estimate of drug-likeness (QED) is 0.943. The molecule has 1 aliphatic rings. The molecule has 1 unspecified atom stereocenters. The predicted octanol–water partition coefficient (Wildman–Crippen LogP) is 2.03. The number of likely N-dealkylation sites (N-methyl/N-ethyl adjacent to an activating group) is 1. The highest BCUT2D eigenvalue weighted by atomic mass is 16.5. The molecule has 5 nitrogen and oxygen atoms in total. The average molecular weight is 309 g/mol. The van der Waals surface area contributed by atoms with Gasteiger partial charge in [-0.2, -0.15) is 0 Å². The molecule has 5 heteroatoms. The molecule has 0 saturated heterocycles. The third kappa shape index (κ3) is 2.16. The maximum Gasteiger partial charge on any atom is 0.266 e. The Bertz CT molecular complexity index is 786. The second kappa shape index (κ2) is 5.43. The number of rotatable bonds is 3. The number of amides is 1. The van der Waals surface area contributed by atoms with E-state index in [4.69, 9.17) is 10.5 Å². The molecule has 1 aliphatic heterocycles. The summed E-state index contributed by atoms with van der Waals surface area (Å²) in [5.41, 5.74) is 7.31. The number of carbonyl (C=O) groups is 1. The number of aryl methyl sites for hydroxylation is 1. The third-order valence-electron chi connectivity index (χ3n) is 4.24. The van der Waals surface area contributed by atoms with Crippen molar-refractivity contribution in [2.24, 2.45) is 10.7 Å². The fraction of sp³-hybridized carbons (Fsp3) is 0.222. The van der Waals surface area contributed by atoms with E-state index in [0.717, 1.165) is 22.4 Å². The molecule has 1 heterocycles. The van der Waals surface area contributed by atoms with E-state index in [1.807, 2.05) is 55.5 Å². The summed E-state index contributed by atoms with van der Waals surface area (Å²) in [7, 11) is 3.27. The molecule has 2 aromatic rings. The molecule has 118 valence electrons. The summed E-state index contributed by atoms with van der Waals surface area (Å²) in [5.74, 6) is 0.825. The second-order valence-electron chi connectivity index (χ2n) is 5.60. The fourth-order valence-corrected chi connectivity index (χ4v) is 2.97. The molecule has 3 rings (SSSR count). The third-order valence-corrected chi connectivity index (χ3v) is 4.24. The number of nitrogens with two attached hydrogens (primary N) is 1. The van der Waals surface area contributed by atoms with Gasteiger partial charge in [0.25, 0.3) is 5.91 Å². The van der Waals surface area contributed by atoms with Crippen LogP contribution in [0.2, 0.25) is 0 Å². The van der Waals surface area contributed by atoms with Gasteiger partial charge in [-0.15, -0.1) is 0 Å². The highest BCUT2D eigenvalue weighted by molar-refractivity contribution is 6.08. The van der Waals surface area contributed by atoms with E-state index in [1.54, 1.807) is 14.2 Å². The Labute approximate surface area is 135 Å². The summed E-state index contributed by atoms with van der Waals surface area (Å²) in [6.45, 7) is 1.94. The summed E-state index contributed by atoms with van der Waals surface area (Å²) in [6, 6.07) is 15.1. The number of nitrogens with zero attached hydrogens (tertiary/aromatic N) is 2. The molecule has 0 aromatic heterocycles. The van der Waals surface area contributed by atoms with Crippen molar-refractivity contribution in [3.63, 3.8) is 0 Å². The van der Waals surface area contributed by atoms with E-state index in [9.17, 15) is 4.79 Å². The maximum atomic E-state index is 13.0. The van der Waals surface area contributed by atoms with E-state index in [-0.39, 0.29) is 11.9 Å². The lowest BCUT2D eigenvalue weighted by Gasteiger charge is -2.26. The van der Waals surface area contributed by atoms with Crippen LogP contribution in [0.25, 0.3) is 0 Å². The van der Waals surface area contributed by atoms with Crippen molar-refractivity contribution < 1.29 is 9.53 Å². The molecule has 0 bridgehead atoms. The number of hydrogen-bond acceptors (Lipinski definition) is 4. The Balaban J connectivity index is 2.26. The molecule has 2 N–H and O–H groups in total. The Hall–Kier alpha value is -2.82. The lowest BCUT2D eigenvalue weighted by molar-refractivity contribution is -0.129. The van der Waals surface area contributed by atoms with Gasteiger partial charge in [0.05, 0.1) is 7.11 Å². The van der Waals surface area contributed by atoms with Crippen LogP contribution in [0, 0.1) is 6.92 Å². The van der Waals surface area contributed by atoms with E-state index in [1.165, 1.54) is 4.90 Å². The molecular formula is C18H19N3O2. The van der Waals surface area contributed by atoms with Gasteiger partial charge in [0.2, 0.25) is 0 Å². The van der Waals surface area contributed by atoms with Gasteiger partial charge in [-0.25, -0.2) is 4.99 Å². The van der Waals surface area contributed by atoms with E-state index >= 15 is 0 Å². The van der Waals surface area contributed by atoms with Crippen LogP contribution < -0.4 is 10.5 Å². The highest BCUT2D eigenvalue weighted by Crippen LogP contribution is 2.40. The van der Waals surface area contributed by atoms with Crippen LogP contribution in [0.15, 0.2) is 53.5 Å². The van der Waals surface area contributed by atoms with E-state index < -0.39 is 5.54 Å². The number of benzene rings is 2. The summed E-state index contributed by atoms with van der Waals surface area (Å²) < 4.78 is 5.31. The molecule has 1 amide bonds. The molecule has 0 saturated carbocycles. The van der Waals surface area contributed by atoms with Crippen LogP contribution in [0.5, 0.6) is 5.75 Å². The number of methoxy groups -OCH3 is 1. The number of ether oxygens (including phenoxy) is 1. The van der Waals surface area contributed by atoms with Crippen LogP contribution in [0.1, 0.15) is 16.7 Å². The van der Waals surface area contributed by atoms with E-state index in [2.05, 4.69) is 4.99 Å². The molecule has 1 atom stereocenters. The van der Waals surface area contributed by atoms with Gasteiger partial charge < -0.3 is 10.5 Å². The SMILES string of the molecule is COc1ccc(C2(c3ccccc3)N=C(N)N(C)C2=O)cc1C. The van der Waals surface area contributed by atoms with Crippen molar-refractivity contribution in [3.05, 3.63) is 65.2 Å². The Morgan fingerprint density at radius 3 is 2.35 bits per heavy atom. The lowest BCUT2D eigenvalue weighted by atomic mass is 9.82. The van der Waals surface area contributed by atoms with Crippen LogP contribution in [-0.4, -0.2) is 30.9 Å². The van der Waals surface area contributed by atoms with E-state index in [0.29, 0.717) is 0 Å². The molecule has 2 aromatic carbocycles. The molecule has 0 radical (unpaired) electrons. The first-order valence-electron chi connectivity index (χ1n) is 7.35. The minimum atomic E-state index is -1.14. The van der Waals surface area contributed by atoms with Gasteiger partial charge in [0.1, 0.15) is 5.75 Å². The minimum absolute atomic E-state index is 0.161. The Morgan fingerprint density at radius 2 is 1.83 bits per heavy atom. The number of hydrogen-bond donors (Lipinski definition) is 1. The second-order valence-corrected chi connectivity index (χ2v) is 5.60. The molecular weight excluding hydrogens is 290 g/mol. The molecule has 0 fully saturated rings. The average Bonchev–Trinajstić information content (AvgIpc) is 2.81. The maximum absolute atomic E-state index is 13.0. The smallest absolute Gasteiger partial charge is 0.266 e.